The van der Waals surface area contributed by atoms with Gasteiger partial charge in [-0.25, -0.2) is 9.97 Å². The Kier molecular flexibility index (Phi) is 6.77. The van der Waals surface area contributed by atoms with Gasteiger partial charge in [0.2, 0.25) is 0 Å². The monoisotopic (exact) mass is 487 g/mol. The number of hydrogen-bond donors (Lipinski definition) is 0. The van der Waals surface area contributed by atoms with Crippen LogP contribution in [-0.2, 0) is 0 Å². The molecule has 1 amide bonds. The molecule has 0 spiro atoms. The van der Waals surface area contributed by atoms with Gasteiger partial charge in [0.25, 0.3) is 11.6 Å². The number of nitrogens with zero attached hydrogens (tertiary/aromatic N) is 7. The first kappa shape index (κ1) is 23.7. The largest absolute Gasteiger partial charge is 0.363 e. The summed E-state index contributed by atoms with van der Waals surface area (Å²) in [4.78, 5) is 41.6. The summed E-state index contributed by atoms with van der Waals surface area (Å²) in [6, 6.07) is 16.8. The van der Waals surface area contributed by atoms with E-state index in [2.05, 4.69) is 19.8 Å². The van der Waals surface area contributed by atoms with Crippen molar-refractivity contribution in [2.75, 3.05) is 69.2 Å². The van der Waals surface area contributed by atoms with Crippen LogP contribution in [0.4, 0.5) is 17.2 Å². The van der Waals surface area contributed by atoms with E-state index >= 15 is 0 Å². The Morgan fingerprint density at radius 3 is 2.25 bits per heavy atom. The molecule has 2 aliphatic rings. The first-order valence-corrected chi connectivity index (χ1v) is 12.1. The van der Waals surface area contributed by atoms with Gasteiger partial charge < -0.3 is 19.6 Å². The quantitative estimate of drug-likeness (QED) is 0.400. The molecule has 3 heterocycles. The van der Waals surface area contributed by atoms with E-state index in [4.69, 9.17) is 0 Å². The van der Waals surface area contributed by atoms with Crippen LogP contribution in [0.3, 0.4) is 0 Å². The summed E-state index contributed by atoms with van der Waals surface area (Å²) in [5, 5.41) is 11.8. The Labute approximate surface area is 209 Å². The number of carbonyl (C=O) groups is 1. The van der Waals surface area contributed by atoms with E-state index in [1.165, 1.54) is 6.07 Å². The lowest BCUT2D eigenvalue weighted by Crippen LogP contribution is -2.49. The highest BCUT2D eigenvalue weighted by Gasteiger charge is 2.27. The number of likely N-dealkylation sites (N-methyl/N-ethyl adjacent to an activating group) is 1. The van der Waals surface area contributed by atoms with E-state index < -0.39 is 0 Å². The summed E-state index contributed by atoms with van der Waals surface area (Å²) in [6.45, 7) is 5.41. The van der Waals surface area contributed by atoms with Crippen LogP contribution in [-0.4, -0.2) is 90.0 Å². The number of benzene rings is 2. The molecule has 5 rings (SSSR count). The Hall–Kier alpha value is -4.05. The summed E-state index contributed by atoms with van der Waals surface area (Å²) in [5.74, 6) is 0.637. The SMILES string of the molecule is CN1CCN(c2ccc(C(=O)N3CCN(c4cc(-c5ccccc5)ncn4)CC3)cc2[N+](=O)[O-])CC1. The van der Waals surface area contributed by atoms with E-state index in [1.807, 2.05) is 48.3 Å². The first-order valence-electron chi connectivity index (χ1n) is 12.1. The number of hydrogen-bond acceptors (Lipinski definition) is 8. The molecular weight excluding hydrogens is 458 g/mol. The minimum atomic E-state index is -0.387. The number of aromatic nitrogens is 2. The molecule has 2 fully saturated rings. The Morgan fingerprint density at radius 2 is 1.56 bits per heavy atom. The number of piperazine rings is 2. The Bertz CT molecular complexity index is 1240. The van der Waals surface area contributed by atoms with Crippen LogP contribution >= 0.6 is 0 Å². The molecule has 2 aliphatic heterocycles. The van der Waals surface area contributed by atoms with Crippen LogP contribution in [0.15, 0.2) is 60.9 Å². The fourth-order valence-electron chi connectivity index (χ4n) is 4.73. The Balaban J connectivity index is 1.26. The highest BCUT2D eigenvalue weighted by Crippen LogP contribution is 2.31. The number of carbonyl (C=O) groups excluding carboxylic acids is 1. The lowest BCUT2D eigenvalue weighted by Gasteiger charge is -2.35. The van der Waals surface area contributed by atoms with Gasteiger partial charge in [-0.3, -0.25) is 14.9 Å². The maximum Gasteiger partial charge on any atom is 0.293 e. The number of amides is 1. The standard InChI is InChI=1S/C26H29N7O3/c1-29-9-11-30(12-10-29)23-8-7-21(17-24(23)33(35)36)26(34)32-15-13-31(14-16-32)25-18-22(27-19-28-25)20-5-3-2-4-6-20/h2-8,17-19H,9-16H2,1H3. The van der Waals surface area contributed by atoms with Crippen LogP contribution in [0.5, 0.6) is 0 Å². The van der Waals surface area contributed by atoms with Crippen molar-refractivity contribution in [2.45, 2.75) is 0 Å². The second-order valence-corrected chi connectivity index (χ2v) is 9.16. The third kappa shape index (κ3) is 4.99. The van der Waals surface area contributed by atoms with Crippen LogP contribution in [0.2, 0.25) is 0 Å². The van der Waals surface area contributed by atoms with E-state index in [0.717, 1.165) is 43.3 Å². The topological polar surface area (TPSA) is 99.0 Å². The molecule has 3 aromatic rings. The molecule has 2 saturated heterocycles. The molecule has 0 radical (unpaired) electrons. The predicted octanol–water partition coefficient (Wildman–Crippen LogP) is 2.77. The van der Waals surface area contributed by atoms with Crippen molar-refractivity contribution >= 4 is 23.1 Å². The van der Waals surface area contributed by atoms with Crippen molar-refractivity contribution in [2.24, 2.45) is 0 Å². The van der Waals surface area contributed by atoms with E-state index in [0.29, 0.717) is 37.4 Å². The van der Waals surface area contributed by atoms with Gasteiger partial charge in [0.1, 0.15) is 17.8 Å². The van der Waals surface area contributed by atoms with E-state index in [9.17, 15) is 14.9 Å². The lowest BCUT2D eigenvalue weighted by atomic mass is 10.1. The van der Waals surface area contributed by atoms with E-state index in [1.54, 1.807) is 23.4 Å². The summed E-state index contributed by atoms with van der Waals surface area (Å²) < 4.78 is 0. The molecule has 0 atom stereocenters. The van der Waals surface area contributed by atoms with Crippen molar-refractivity contribution in [3.63, 3.8) is 0 Å². The highest BCUT2D eigenvalue weighted by atomic mass is 16.6. The molecule has 0 unspecified atom stereocenters. The molecule has 0 N–H and O–H groups in total. The normalized spacial score (nSPS) is 16.8. The van der Waals surface area contributed by atoms with Crippen molar-refractivity contribution in [3.8, 4) is 11.3 Å². The van der Waals surface area contributed by atoms with Gasteiger partial charge >= 0.3 is 0 Å². The van der Waals surface area contributed by atoms with E-state index in [-0.39, 0.29) is 16.5 Å². The molecule has 2 aromatic carbocycles. The summed E-state index contributed by atoms with van der Waals surface area (Å²) >= 11 is 0. The molecule has 36 heavy (non-hydrogen) atoms. The number of nitro benzene ring substituents is 1. The fourth-order valence-corrected chi connectivity index (χ4v) is 4.73. The zero-order valence-electron chi connectivity index (χ0n) is 20.3. The minimum Gasteiger partial charge on any atom is -0.363 e. The molecule has 0 saturated carbocycles. The van der Waals surface area contributed by atoms with Gasteiger partial charge in [-0.1, -0.05) is 30.3 Å². The lowest BCUT2D eigenvalue weighted by molar-refractivity contribution is -0.384. The summed E-state index contributed by atoms with van der Waals surface area (Å²) in [5.41, 5.74) is 2.79. The summed E-state index contributed by atoms with van der Waals surface area (Å²) in [7, 11) is 2.04. The molecule has 0 aliphatic carbocycles. The third-order valence-corrected chi connectivity index (χ3v) is 6.88. The van der Waals surface area contributed by atoms with Gasteiger partial charge in [0.05, 0.1) is 10.6 Å². The minimum absolute atomic E-state index is 0.0153. The molecule has 0 bridgehead atoms. The van der Waals surface area contributed by atoms with Crippen molar-refractivity contribution in [1.29, 1.82) is 0 Å². The number of nitro groups is 1. The maximum atomic E-state index is 13.2. The van der Waals surface area contributed by atoms with Gasteiger partial charge in [0, 0.05) is 75.6 Å². The van der Waals surface area contributed by atoms with Gasteiger partial charge in [-0.15, -0.1) is 0 Å². The Morgan fingerprint density at radius 1 is 0.861 bits per heavy atom. The second kappa shape index (κ2) is 10.3. The predicted molar refractivity (Wildman–Crippen MR) is 138 cm³/mol. The summed E-state index contributed by atoms with van der Waals surface area (Å²) in [6.07, 6.45) is 1.57. The van der Waals surface area contributed by atoms with Crippen molar-refractivity contribution in [1.82, 2.24) is 19.8 Å². The van der Waals surface area contributed by atoms with Crippen LogP contribution < -0.4 is 9.80 Å². The molecular formula is C26H29N7O3. The highest BCUT2D eigenvalue weighted by molar-refractivity contribution is 5.96. The molecule has 1 aromatic heterocycles. The van der Waals surface area contributed by atoms with Gasteiger partial charge in [-0.2, -0.15) is 0 Å². The van der Waals surface area contributed by atoms with Crippen LogP contribution in [0.25, 0.3) is 11.3 Å². The van der Waals surface area contributed by atoms with Crippen LogP contribution in [0.1, 0.15) is 10.4 Å². The average Bonchev–Trinajstić information content (AvgIpc) is 2.93. The average molecular weight is 488 g/mol. The van der Waals surface area contributed by atoms with Crippen molar-refractivity contribution in [3.05, 3.63) is 76.6 Å². The van der Waals surface area contributed by atoms with Gasteiger partial charge in [-0.05, 0) is 19.2 Å². The maximum absolute atomic E-state index is 13.2. The fraction of sp³-hybridized carbons (Fsp3) is 0.346. The van der Waals surface area contributed by atoms with Gasteiger partial charge in [0.15, 0.2) is 0 Å². The first-order chi connectivity index (χ1) is 17.5. The molecule has 10 heteroatoms. The van der Waals surface area contributed by atoms with Crippen molar-refractivity contribution < 1.29 is 9.72 Å². The number of rotatable bonds is 5. The molecule has 186 valence electrons. The number of anilines is 2. The second-order valence-electron chi connectivity index (χ2n) is 9.16. The smallest absolute Gasteiger partial charge is 0.293 e. The molecule has 10 nitrogen and oxygen atoms in total. The zero-order chi connectivity index (χ0) is 25.1. The van der Waals surface area contributed by atoms with Crippen LogP contribution in [0, 0.1) is 10.1 Å². The zero-order valence-corrected chi connectivity index (χ0v) is 20.3. The third-order valence-electron chi connectivity index (χ3n) is 6.88.